The fourth-order valence-corrected chi connectivity index (χ4v) is 5.55. The summed E-state index contributed by atoms with van der Waals surface area (Å²) in [6.45, 7) is 2.60. The minimum Gasteiger partial charge on any atom is -0.380 e. The first-order chi connectivity index (χ1) is 16.9. The lowest BCUT2D eigenvalue weighted by Crippen LogP contribution is -2.48. The number of rotatable bonds is 6. The minimum absolute atomic E-state index is 0.0318. The van der Waals surface area contributed by atoms with Crippen molar-refractivity contribution >= 4 is 45.9 Å². The molecule has 0 saturated heterocycles. The highest BCUT2D eigenvalue weighted by molar-refractivity contribution is 8.00. The highest BCUT2D eigenvalue weighted by Gasteiger charge is 2.40. The molecule has 1 aromatic carbocycles. The van der Waals surface area contributed by atoms with Crippen molar-refractivity contribution in [3.8, 4) is 0 Å². The molecule has 8 nitrogen and oxygen atoms in total. The number of hydrogen-bond donors (Lipinski definition) is 4. The van der Waals surface area contributed by atoms with Gasteiger partial charge in [0.25, 0.3) is 5.91 Å². The zero-order valence-corrected chi connectivity index (χ0v) is 20.5. The molecule has 2 amide bonds. The number of thioether (sulfide) groups is 1. The Labute approximate surface area is 208 Å². The minimum atomic E-state index is -1.40. The normalized spacial score (nSPS) is 21.9. The summed E-state index contributed by atoms with van der Waals surface area (Å²) in [5.74, 6) is 0.645. The van der Waals surface area contributed by atoms with Crippen molar-refractivity contribution in [2.45, 2.75) is 62.1 Å². The third-order valence-electron chi connectivity index (χ3n) is 6.79. The van der Waals surface area contributed by atoms with Crippen molar-refractivity contribution in [1.82, 2.24) is 15.3 Å². The molecule has 182 valence electrons. The van der Waals surface area contributed by atoms with Crippen molar-refractivity contribution in [1.29, 1.82) is 0 Å². The first-order valence-corrected chi connectivity index (χ1v) is 13.0. The van der Waals surface area contributed by atoms with E-state index in [9.17, 15) is 14.7 Å². The van der Waals surface area contributed by atoms with Crippen LogP contribution in [0.4, 0.5) is 11.5 Å². The van der Waals surface area contributed by atoms with Gasteiger partial charge in [-0.2, -0.15) is 0 Å². The van der Waals surface area contributed by atoms with Gasteiger partial charge in [0.2, 0.25) is 5.91 Å². The maximum atomic E-state index is 13.1. The zero-order valence-electron chi connectivity index (χ0n) is 19.6. The van der Waals surface area contributed by atoms with E-state index in [0.29, 0.717) is 49.5 Å². The van der Waals surface area contributed by atoms with Gasteiger partial charge < -0.3 is 21.1 Å². The van der Waals surface area contributed by atoms with Crippen LogP contribution in [-0.4, -0.2) is 44.3 Å². The van der Waals surface area contributed by atoms with Crippen LogP contribution in [0.2, 0.25) is 0 Å². The zero-order chi connectivity index (χ0) is 24.4. The van der Waals surface area contributed by atoms with Gasteiger partial charge in [-0.15, -0.1) is 11.8 Å². The highest BCUT2D eigenvalue weighted by atomic mass is 32.2. The second kappa shape index (κ2) is 9.93. The van der Waals surface area contributed by atoms with Crippen molar-refractivity contribution in [2.75, 3.05) is 16.4 Å². The first kappa shape index (κ1) is 23.7. The summed E-state index contributed by atoms with van der Waals surface area (Å²) in [7, 11) is 0. The number of aromatic nitrogens is 2. The predicted octanol–water partition coefficient (Wildman–Crippen LogP) is 3.64. The Morgan fingerprint density at radius 3 is 2.86 bits per heavy atom. The fraction of sp³-hybridized carbons (Fsp3) is 0.385. The molecule has 0 spiro atoms. The smallest absolute Gasteiger partial charge is 0.256 e. The van der Waals surface area contributed by atoms with Crippen LogP contribution < -0.4 is 16.0 Å². The van der Waals surface area contributed by atoms with E-state index in [2.05, 4.69) is 25.9 Å². The van der Waals surface area contributed by atoms with Crippen LogP contribution in [0.25, 0.3) is 10.8 Å². The van der Waals surface area contributed by atoms with Gasteiger partial charge in [0.05, 0.1) is 22.0 Å². The van der Waals surface area contributed by atoms with Crippen LogP contribution >= 0.6 is 11.8 Å². The van der Waals surface area contributed by atoms with Gasteiger partial charge in [0, 0.05) is 29.9 Å². The highest BCUT2D eigenvalue weighted by Crippen LogP contribution is 2.33. The molecule has 1 saturated carbocycles. The summed E-state index contributed by atoms with van der Waals surface area (Å²) in [5, 5.41) is 22.4. The molecule has 9 heteroatoms. The van der Waals surface area contributed by atoms with E-state index < -0.39 is 5.60 Å². The third-order valence-corrected chi connectivity index (χ3v) is 7.84. The number of nitrogens with one attached hydrogen (secondary N) is 3. The molecule has 0 unspecified atom stereocenters. The molecule has 3 aromatic rings. The number of aliphatic hydroxyl groups is 1. The summed E-state index contributed by atoms with van der Waals surface area (Å²) in [4.78, 5) is 34.8. The summed E-state index contributed by atoms with van der Waals surface area (Å²) >= 11 is 1.49. The molecule has 3 heterocycles. The van der Waals surface area contributed by atoms with Gasteiger partial charge in [-0.05, 0) is 61.8 Å². The van der Waals surface area contributed by atoms with E-state index in [1.54, 1.807) is 6.20 Å². The Morgan fingerprint density at radius 1 is 1.23 bits per heavy atom. The van der Waals surface area contributed by atoms with Crippen LogP contribution in [0.3, 0.4) is 0 Å². The van der Waals surface area contributed by atoms with E-state index in [-0.39, 0.29) is 17.9 Å². The quantitative estimate of drug-likeness (QED) is 0.416. The summed E-state index contributed by atoms with van der Waals surface area (Å²) in [5.41, 5.74) is 1.06. The van der Waals surface area contributed by atoms with E-state index in [0.717, 1.165) is 33.5 Å². The maximum Gasteiger partial charge on any atom is 0.256 e. The fourth-order valence-electron chi connectivity index (χ4n) is 4.79. The van der Waals surface area contributed by atoms with Crippen LogP contribution in [0, 0.1) is 0 Å². The molecular formula is C26H29N5O3S. The molecule has 1 aliphatic carbocycles. The van der Waals surface area contributed by atoms with Crippen molar-refractivity contribution in [3.05, 3.63) is 54.0 Å². The molecule has 2 aromatic heterocycles. The molecular weight excluding hydrogens is 462 g/mol. The molecule has 2 aliphatic rings. The number of carbonyl (C=O) groups excluding carboxylic acids is 2. The van der Waals surface area contributed by atoms with E-state index in [4.69, 9.17) is 0 Å². The van der Waals surface area contributed by atoms with Crippen LogP contribution in [0.15, 0.2) is 47.5 Å². The molecule has 1 fully saturated rings. The molecule has 1 aliphatic heterocycles. The average molecular weight is 492 g/mol. The first-order valence-electron chi connectivity index (χ1n) is 12.0. The van der Waals surface area contributed by atoms with Crippen LogP contribution in [-0.2, 0) is 22.6 Å². The Balaban J connectivity index is 1.19. The summed E-state index contributed by atoms with van der Waals surface area (Å²) in [6.07, 6.45) is 4.65. The molecule has 4 N–H and O–H groups in total. The van der Waals surface area contributed by atoms with Gasteiger partial charge in [0.1, 0.15) is 11.4 Å². The number of amides is 2. The number of hydrogen-bond acceptors (Lipinski definition) is 7. The van der Waals surface area contributed by atoms with Gasteiger partial charge in [-0.25, -0.2) is 4.98 Å². The number of pyridine rings is 2. The molecule has 0 atom stereocenters. The van der Waals surface area contributed by atoms with E-state index >= 15 is 0 Å². The Hall–Kier alpha value is -3.01. The van der Waals surface area contributed by atoms with Crippen molar-refractivity contribution in [2.24, 2.45) is 0 Å². The second-order valence-corrected chi connectivity index (χ2v) is 10.2. The number of aryl methyl sites for hydroxylation is 1. The largest absolute Gasteiger partial charge is 0.380 e. The summed E-state index contributed by atoms with van der Waals surface area (Å²) < 4.78 is 0. The van der Waals surface area contributed by atoms with Crippen LogP contribution in [0.5, 0.6) is 0 Å². The number of nitrogens with zero attached hydrogens (tertiary/aromatic N) is 2. The Bertz CT molecular complexity index is 1270. The third kappa shape index (κ3) is 5.03. The monoisotopic (exact) mass is 491 g/mol. The lowest BCUT2D eigenvalue weighted by Gasteiger charge is -2.35. The SMILES string of the molecule is CCc1nccc2cccc(NC(=O)C3(O)CCC(NCc4ccc5c(n4)NC(=O)CS5)CC3)c12. The number of benzene rings is 1. The standard InChI is InChI=1S/C26H29N5O3S/c1-2-19-23-16(10-13-27-19)4-3-5-20(23)30-25(33)26(34)11-8-17(9-12-26)28-14-18-6-7-21-24(29-18)31-22(32)15-35-21/h3-7,10,13,17,28,34H,2,8-9,11-12,14-15H2,1H3,(H,30,33)(H,29,31,32). The lowest BCUT2D eigenvalue weighted by molar-refractivity contribution is -0.137. The lowest BCUT2D eigenvalue weighted by atomic mass is 9.81. The second-order valence-electron chi connectivity index (χ2n) is 9.14. The van der Waals surface area contributed by atoms with Gasteiger partial charge in [-0.3, -0.25) is 14.6 Å². The Kier molecular flexibility index (Phi) is 6.73. The van der Waals surface area contributed by atoms with Gasteiger partial charge in [0.15, 0.2) is 0 Å². The Morgan fingerprint density at radius 2 is 2.06 bits per heavy atom. The van der Waals surface area contributed by atoms with Crippen LogP contribution in [0.1, 0.15) is 44.0 Å². The number of carbonyl (C=O) groups is 2. The van der Waals surface area contributed by atoms with Crippen molar-refractivity contribution < 1.29 is 14.7 Å². The molecule has 0 radical (unpaired) electrons. The number of anilines is 2. The number of fused-ring (bicyclic) bond motifs is 2. The van der Waals surface area contributed by atoms with Gasteiger partial charge >= 0.3 is 0 Å². The maximum absolute atomic E-state index is 13.1. The van der Waals surface area contributed by atoms with E-state index in [1.165, 1.54) is 11.8 Å². The predicted molar refractivity (Wildman–Crippen MR) is 137 cm³/mol. The average Bonchev–Trinajstić information content (AvgIpc) is 2.87. The van der Waals surface area contributed by atoms with E-state index in [1.807, 2.05) is 43.3 Å². The van der Waals surface area contributed by atoms with Gasteiger partial charge in [-0.1, -0.05) is 19.1 Å². The molecule has 35 heavy (non-hydrogen) atoms. The summed E-state index contributed by atoms with van der Waals surface area (Å²) in [6, 6.07) is 11.8. The molecule has 5 rings (SSSR count). The topological polar surface area (TPSA) is 116 Å². The molecule has 0 bridgehead atoms. The van der Waals surface area contributed by atoms with Crippen molar-refractivity contribution in [3.63, 3.8) is 0 Å².